The molecule has 3 amide bonds. The number of amides is 3. The van der Waals surface area contributed by atoms with Gasteiger partial charge in [-0.1, -0.05) is 55.8 Å². The molecule has 0 saturated carbocycles. The van der Waals surface area contributed by atoms with E-state index >= 15 is 0 Å². The standard InChI is InChI=1S/C22H27N3O3/c1-15(2)11-12-23-21(27)22(28)25-19-10-5-4-9-18(19)20(26)24-14-17-8-6-7-16(3)13-17/h4-10,13,15H,11-12,14H2,1-3H3,(H,23,27)(H,24,26)(H,25,28). The van der Waals surface area contributed by atoms with Crippen LogP contribution in [0.3, 0.4) is 0 Å². The molecule has 2 rings (SSSR count). The number of benzene rings is 2. The molecule has 0 aliphatic heterocycles. The lowest BCUT2D eigenvalue weighted by molar-refractivity contribution is -0.136. The van der Waals surface area contributed by atoms with Gasteiger partial charge in [0.2, 0.25) is 0 Å². The maximum absolute atomic E-state index is 12.6. The molecule has 28 heavy (non-hydrogen) atoms. The average Bonchev–Trinajstić information content (AvgIpc) is 2.66. The van der Waals surface area contributed by atoms with Crippen LogP contribution in [0, 0.1) is 12.8 Å². The molecular formula is C22H27N3O3. The van der Waals surface area contributed by atoms with Gasteiger partial charge in [-0.15, -0.1) is 0 Å². The molecule has 2 aromatic rings. The van der Waals surface area contributed by atoms with E-state index < -0.39 is 11.8 Å². The van der Waals surface area contributed by atoms with Crippen molar-refractivity contribution in [3.05, 3.63) is 65.2 Å². The zero-order valence-corrected chi connectivity index (χ0v) is 16.5. The summed E-state index contributed by atoms with van der Waals surface area (Å²) in [5, 5.41) is 7.95. The summed E-state index contributed by atoms with van der Waals surface area (Å²) in [4.78, 5) is 36.6. The molecule has 0 spiro atoms. The molecule has 0 saturated heterocycles. The highest BCUT2D eigenvalue weighted by Gasteiger charge is 2.17. The summed E-state index contributed by atoms with van der Waals surface area (Å²) in [6, 6.07) is 14.5. The van der Waals surface area contributed by atoms with Crippen LogP contribution in [0.2, 0.25) is 0 Å². The number of para-hydroxylation sites is 1. The van der Waals surface area contributed by atoms with Crippen molar-refractivity contribution in [3.8, 4) is 0 Å². The van der Waals surface area contributed by atoms with Gasteiger partial charge in [-0.25, -0.2) is 0 Å². The Morgan fingerprint density at radius 3 is 2.39 bits per heavy atom. The van der Waals surface area contributed by atoms with E-state index in [9.17, 15) is 14.4 Å². The van der Waals surface area contributed by atoms with Gasteiger partial charge in [0, 0.05) is 13.1 Å². The van der Waals surface area contributed by atoms with E-state index in [1.54, 1.807) is 24.3 Å². The zero-order valence-electron chi connectivity index (χ0n) is 16.5. The van der Waals surface area contributed by atoms with E-state index in [0.29, 0.717) is 30.3 Å². The molecule has 0 bridgehead atoms. The van der Waals surface area contributed by atoms with Crippen LogP contribution in [0.5, 0.6) is 0 Å². The number of rotatable bonds is 7. The van der Waals surface area contributed by atoms with Gasteiger partial charge < -0.3 is 16.0 Å². The van der Waals surface area contributed by atoms with Crippen LogP contribution in [-0.4, -0.2) is 24.3 Å². The third-order valence-electron chi connectivity index (χ3n) is 4.17. The second kappa shape index (κ2) is 10.3. The number of hydrogen-bond acceptors (Lipinski definition) is 3. The quantitative estimate of drug-likeness (QED) is 0.644. The monoisotopic (exact) mass is 381 g/mol. The third-order valence-corrected chi connectivity index (χ3v) is 4.17. The first-order valence-corrected chi connectivity index (χ1v) is 9.38. The third kappa shape index (κ3) is 6.54. The van der Waals surface area contributed by atoms with Crippen molar-refractivity contribution >= 4 is 23.4 Å². The summed E-state index contributed by atoms with van der Waals surface area (Å²) in [6.07, 6.45) is 0.789. The Bertz CT molecular complexity index is 846. The smallest absolute Gasteiger partial charge is 0.313 e. The topological polar surface area (TPSA) is 87.3 Å². The first-order valence-electron chi connectivity index (χ1n) is 9.38. The van der Waals surface area contributed by atoms with Crippen molar-refractivity contribution in [1.29, 1.82) is 0 Å². The van der Waals surface area contributed by atoms with E-state index in [-0.39, 0.29) is 5.91 Å². The average molecular weight is 381 g/mol. The van der Waals surface area contributed by atoms with Gasteiger partial charge in [0.15, 0.2) is 0 Å². The van der Waals surface area contributed by atoms with E-state index in [0.717, 1.165) is 17.5 Å². The molecule has 0 unspecified atom stereocenters. The number of hydrogen-bond donors (Lipinski definition) is 3. The Labute approximate surface area is 165 Å². The molecule has 0 aliphatic carbocycles. The fraction of sp³-hybridized carbons (Fsp3) is 0.318. The van der Waals surface area contributed by atoms with Crippen LogP contribution >= 0.6 is 0 Å². The van der Waals surface area contributed by atoms with Gasteiger partial charge in [-0.05, 0) is 37.0 Å². The molecule has 3 N–H and O–H groups in total. The number of anilines is 1. The minimum atomic E-state index is -0.789. The van der Waals surface area contributed by atoms with Crippen LogP contribution in [-0.2, 0) is 16.1 Å². The molecule has 148 valence electrons. The highest BCUT2D eigenvalue weighted by atomic mass is 16.2. The van der Waals surface area contributed by atoms with Gasteiger partial charge in [-0.2, -0.15) is 0 Å². The molecule has 6 nitrogen and oxygen atoms in total. The highest BCUT2D eigenvalue weighted by molar-refractivity contribution is 6.40. The van der Waals surface area contributed by atoms with Crippen molar-refractivity contribution in [2.45, 2.75) is 33.7 Å². The predicted molar refractivity (Wildman–Crippen MR) is 110 cm³/mol. The molecule has 0 fully saturated rings. The van der Waals surface area contributed by atoms with Crippen LogP contribution in [0.1, 0.15) is 41.8 Å². The lowest BCUT2D eigenvalue weighted by atomic mass is 10.1. The Balaban J connectivity index is 1.98. The largest absolute Gasteiger partial charge is 0.348 e. The molecule has 0 atom stereocenters. The fourth-order valence-electron chi connectivity index (χ4n) is 2.62. The van der Waals surface area contributed by atoms with E-state index in [4.69, 9.17) is 0 Å². The van der Waals surface area contributed by atoms with Crippen molar-refractivity contribution in [2.24, 2.45) is 5.92 Å². The second-order valence-electron chi connectivity index (χ2n) is 7.11. The number of aryl methyl sites for hydroxylation is 1. The van der Waals surface area contributed by atoms with Crippen molar-refractivity contribution in [1.82, 2.24) is 10.6 Å². The van der Waals surface area contributed by atoms with Crippen molar-refractivity contribution in [3.63, 3.8) is 0 Å². The lowest BCUT2D eigenvalue weighted by Gasteiger charge is -2.12. The summed E-state index contributed by atoms with van der Waals surface area (Å²) in [7, 11) is 0. The minimum absolute atomic E-state index is 0.299. The van der Waals surface area contributed by atoms with Crippen LogP contribution in [0.25, 0.3) is 0 Å². The molecule has 2 aromatic carbocycles. The van der Waals surface area contributed by atoms with E-state index in [1.165, 1.54) is 0 Å². The minimum Gasteiger partial charge on any atom is -0.348 e. The Morgan fingerprint density at radius 2 is 1.68 bits per heavy atom. The van der Waals surface area contributed by atoms with Gasteiger partial charge in [-0.3, -0.25) is 14.4 Å². The van der Waals surface area contributed by atoms with Crippen LogP contribution in [0.4, 0.5) is 5.69 Å². The van der Waals surface area contributed by atoms with E-state index in [1.807, 2.05) is 45.0 Å². The lowest BCUT2D eigenvalue weighted by Crippen LogP contribution is -2.36. The van der Waals surface area contributed by atoms with Crippen LogP contribution in [0.15, 0.2) is 48.5 Å². The number of carbonyl (C=O) groups is 3. The Kier molecular flexibility index (Phi) is 7.75. The molecule has 0 aliphatic rings. The van der Waals surface area contributed by atoms with Crippen molar-refractivity contribution < 1.29 is 14.4 Å². The first-order chi connectivity index (χ1) is 13.4. The summed E-state index contributed by atoms with van der Waals surface area (Å²) in [5.74, 6) is -1.39. The summed E-state index contributed by atoms with van der Waals surface area (Å²) in [6.45, 7) is 6.87. The summed E-state index contributed by atoms with van der Waals surface area (Å²) in [5.41, 5.74) is 2.70. The normalized spacial score (nSPS) is 10.4. The molecule has 0 aromatic heterocycles. The molecular weight excluding hydrogens is 354 g/mol. The van der Waals surface area contributed by atoms with Gasteiger partial charge in [0.05, 0.1) is 11.3 Å². The van der Waals surface area contributed by atoms with Crippen LogP contribution < -0.4 is 16.0 Å². The molecule has 0 heterocycles. The zero-order chi connectivity index (χ0) is 20.5. The maximum Gasteiger partial charge on any atom is 0.313 e. The number of nitrogens with one attached hydrogen (secondary N) is 3. The van der Waals surface area contributed by atoms with Crippen molar-refractivity contribution in [2.75, 3.05) is 11.9 Å². The van der Waals surface area contributed by atoms with Gasteiger partial charge >= 0.3 is 11.8 Å². The first kappa shape index (κ1) is 21.2. The maximum atomic E-state index is 12.6. The van der Waals surface area contributed by atoms with Gasteiger partial charge in [0.1, 0.15) is 0 Å². The molecule has 6 heteroatoms. The SMILES string of the molecule is Cc1cccc(CNC(=O)c2ccccc2NC(=O)C(=O)NCCC(C)C)c1. The molecule has 0 radical (unpaired) electrons. The Hall–Kier alpha value is -3.15. The second-order valence-corrected chi connectivity index (χ2v) is 7.11. The fourth-order valence-corrected chi connectivity index (χ4v) is 2.62. The summed E-state index contributed by atoms with van der Waals surface area (Å²) < 4.78 is 0. The highest BCUT2D eigenvalue weighted by Crippen LogP contribution is 2.15. The number of carbonyl (C=O) groups excluding carboxylic acids is 3. The summed E-state index contributed by atoms with van der Waals surface area (Å²) >= 11 is 0. The Morgan fingerprint density at radius 1 is 0.929 bits per heavy atom. The van der Waals surface area contributed by atoms with Gasteiger partial charge in [0.25, 0.3) is 5.91 Å². The predicted octanol–water partition coefficient (Wildman–Crippen LogP) is 3.03. The van der Waals surface area contributed by atoms with E-state index in [2.05, 4.69) is 16.0 Å².